The Hall–Kier alpha value is -1.35. The van der Waals surface area contributed by atoms with Gasteiger partial charge in [-0.05, 0) is 42.5 Å². The van der Waals surface area contributed by atoms with Crippen LogP contribution in [-0.4, -0.2) is 12.5 Å². The van der Waals surface area contributed by atoms with E-state index in [0.29, 0.717) is 5.56 Å². The van der Waals surface area contributed by atoms with Crippen LogP contribution in [0.4, 0.5) is 0 Å². The van der Waals surface area contributed by atoms with E-state index >= 15 is 0 Å². The van der Waals surface area contributed by atoms with Crippen LogP contribution in [-0.2, 0) is 6.54 Å². The lowest BCUT2D eigenvalue weighted by Crippen LogP contribution is -2.17. The third-order valence-corrected chi connectivity index (χ3v) is 3.25. The minimum Gasteiger partial charge on any atom is -0.366 e. The van der Waals surface area contributed by atoms with E-state index in [1.807, 2.05) is 12.1 Å². The molecule has 1 aromatic rings. The second-order valence-corrected chi connectivity index (χ2v) is 4.67. The summed E-state index contributed by atoms with van der Waals surface area (Å²) >= 11 is 0. The van der Waals surface area contributed by atoms with Crippen LogP contribution in [0.1, 0.15) is 29.3 Å². The third kappa shape index (κ3) is 2.83. The minimum absolute atomic E-state index is 0.369. The molecular weight excluding hydrogens is 200 g/mol. The molecule has 0 bridgehead atoms. The number of rotatable bonds is 5. The predicted molar refractivity (Wildman–Crippen MR) is 63.9 cm³/mol. The second-order valence-electron chi connectivity index (χ2n) is 4.67. The first kappa shape index (κ1) is 11.1. The topological polar surface area (TPSA) is 55.1 Å². The summed E-state index contributed by atoms with van der Waals surface area (Å²) in [5.41, 5.74) is 6.93. The molecule has 1 fully saturated rings. The highest BCUT2D eigenvalue weighted by atomic mass is 16.1. The van der Waals surface area contributed by atoms with E-state index in [1.165, 1.54) is 12.0 Å². The summed E-state index contributed by atoms with van der Waals surface area (Å²) in [6.07, 6.45) is 1.35. The molecule has 2 atom stereocenters. The largest absolute Gasteiger partial charge is 0.366 e. The van der Waals surface area contributed by atoms with E-state index in [0.717, 1.165) is 24.9 Å². The Balaban J connectivity index is 1.78. The Bertz CT molecular complexity index is 372. The Morgan fingerprint density at radius 2 is 2.06 bits per heavy atom. The zero-order valence-corrected chi connectivity index (χ0v) is 9.57. The van der Waals surface area contributed by atoms with Gasteiger partial charge in [-0.25, -0.2) is 0 Å². The van der Waals surface area contributed by atoms with Crippen LogP contribution < -0.4 is 11.1 Å². The maximum Gasteiger partial charge on any atom is 0.248 e. The lowest BCUT2D eigenvalue weighted by atomic mass is 10.1. The van der Waals surface area contributed by atoms with Crippen molar-refractivity contribution in [2.75, 3.05) is 6.54 Å². The number of hydrogen-bond donors (Lipinski definition) is 2. The Morgan fingerprint density at radius 1 is 1.44 bits per heavy atom. The van der Waals surface area contributed by atoms with Gasteiger partial charge >= 0.3 is 0 Å². The SMILES string of the molecule is CC1CC1CNCc1ccc(C(N)=O)cc1. The maximum absolute atomic E-state index is 10.9. The van der Waals surface area contributed by atoms with Crippen molar-refractivity contribution in [3.8, 4) is 0 Å². The van der Waals surface area contributed by atoms with Crippen LogP contribution in [0.2, 0.25) is 0 Å². The fraction of sp³-hybridized carbons (Fsp3) is 0.462. The van der Waals surface area contributed by atoms with E-state index in [-0.39, 0.29) is 5.91 Å². The molecule has 0 spiro atoms. The number of nitrogens with one attached hydrogen (secondary N) is 1. The first-order chi connectivity index (χ1) is 7.66. The van der Waals surface area contributed by atoms with Gasteiger partial charge in [0.2, 0.25) is 5.91 Å². The summed E-state index contributed by atoms with van der Waals surface area (Å²) < 4.78 is 0. The first-order valence-electron chi connectivity index (χ1n) is 5.76. The minimum atomic E-state index is -0.369. The highest BCUT2D eigenvalue weighted by Gasteiger charge is 2.31. The molecule has 1 aliphatic rings. The molecular formula is C13H18N2O. The highest BCUT2D eigenvalue weighted by Crippen LogP contribution is 2.36. The van der Waals surface area contributed by atoms with Crippen LogP contribution in [0.15, 0.2) is 24.3 Å². The predicted octanol–water partition coefficient (Wildman–Crippen LogP) is 1.53. The van der Waals surface area contributed by atoms with Crippen molar-refractivity contribution in [2.45, 2.75) is 19.9 Å². The number of primary amides is 1. The van der Waals surface area contributed by atoms with Gasteiger partial charge in [-0.15, -0.1) is 0 Å². The van der Waals surface area contributed by atoms with Gasteiger partial charge in [0.15, 0.2) is 0 Å². The summed E-state index contributed by atoms with van der Waals surface area (Å²) in [6.45, 7) is 4.25. The average Bonchev–Trinajstić information content (AvgIpc) is 2.95. The van der Waals surface area contributed by atoms with E-state index in [4.69, 9.17) is 5.73 Å². The average molecular weight is 218 g/mol. The van der Waals surface area contributed by atoms with Crippen LogP contribution in [0.5, 0.6) is 0 Å². The lowest BCUT2D eigenvalue weighted by molar-refractivity contribution is 0.100. The van der Waals surface area contributed by atoms with Crippen molar-refractivity contribution in [1.29, 1.82) is 0 Å². The van der Waals surface area contributed by atoms with Gasteiger partial charge in [0.25, 0.3) is 0 Å². The van der Waals surface area contributed by atoms with Gasteiger partial charge < -0.3 is 11.1 Å². The molecule has 86 valence electrons. The Labute approximate surface area is 96.0 Å². The maximum atomic E-state index is 10.9. The molecule has 0 radical (unpaired) electrons. The fourth-order valence-corrected chi connectivity index (χ4v) is 1.87. The van der Waals surface area contributed by atoms with Crippen molar-refractivity contribution in [1.82, 2.24) is 5.32 Å². The molecule has 2 rings (SSSR count). The fourth-order valence-electron chi connectivity index (χ4n) is 1.87. The molecule has 3 nitrogen and oxygen atoms in total. The van der Waals surface area contributed by atoms with Crippen molar-refractivity contribution in [3.63, 3.8) is 0 Å². The van der Waals surface area contributed by atoms with Crippen LogP contribution in [0.3, 0.4) is 0 Å². The third-order valence-electron chi connectivity index (χ3n) is 3.25. The van der Waals surface area contributed by atoms with Gasteiger partial charge in [0.05, 0.1) is 0 Å². The van der Waals surface area contributed by atoms with E-state index in [1.54, 1.807) is 12.1 Å². The first-order valence-corrected chi connectivity index (χ1v) is 5.76. The molecule has 0 aromatic heterocycles. The molecule has 0 heterocycles. The summed E-state index contributed by atoms with van der Waals surface area (Å²) in [5.74, 6) is 1.39. The molecule has 3 N–H and O–H groups in total. The van der Waals surface area contributed by atoms with Crippen LogP contribution in [0, 0.1) is 11.8 Å². The van der Waals surface area contributed by atoms with Crippen molar-refractivity contribution in [3.05, 3.63) is 35.4 Å². The molecule has 0 aliphatic heterocycles. The molecule has 3 heteroatoms. The highest BCUT2D eigenvalue weighted by molar-refractivity contribution is 5.92. The molecule has 1 amide bonds. The van der Waals surface area contributed by atoms with Crippen molar-refractivity contribution >= 4 is 5.91 Å². The van der Waals surface area contributed by atoms with Gasteiger partial charge in [-0.2, -0.15) is 0 Å². The smallest absolute Gasteiger partial charge is 0.248 e. The lowest BCUT2D eigenvalue weighted by Gasteiger charge is -2.04. The summed E-state index contributed by atoms with van der Waals surface area (Å²) in [6, 6.07) is 7.45. The van der Waals surface area contributed by atoms with Crippen LogP contribution in [0.25, 0.3) is 0 Å². The molecule has 1 saturated carbocycles. The van der Waals surface area contributed by atoms with Gasteiger partial charge in [0, 0.05) is 12.1 Å². The molecule has 1 aromatic carbocycles. The zero-order valence-electron chi connectivity index (χ0n) is 9.57. The summed E-state index contributed by atoms with van der Waals surface area (Å²) in [4.78, 5) is 10.9. The van der Waals surface area contributed by atoms with E-state index in [9.17, 15) is 4.79 Å². The normalized spacial score (nSPS) is 23.1. The van der Waals surface area contributed by atoms with Crippen molar-refractivity contribution < 1.29 is 4.79 Å². The van der Waals surface area contributed by atoms with Crippen molar-refractivity contribution in [2.24, 2.45) is 17.6 Å². The Kier molecular flexibility index (Phi) is 3.25. The number of benzene rings is 1. The number of carbonyl (C=O) groups is 1. The monoisotopic (exact) mass is 218 g/mol. The van der Waals surface area contributed by atoms with Gasteiger partial charge in [-0.1, -0.05) is 19.1 Å². The van der Waals surface area contributed by atoms with Gasteiger partial charge in [-0.3, -0.25) is 4.79 Å². The molecule has 0 saturated heterocycles. The van der Waals surface area contributed by atoms with E-state index in [2.05, 4.69) is 12.2 Å². The standard InChI is InChI=1S/C13H18N2O/c1-9-6-12(9)8-15-7-10-2-4-11(5-3-10)13(14)16/h2-5,9,12,15H,6-8H2,1H3,(H2,14,16). The second kappa shape index (κ2) is 4.66. The molecule has 1 aliphatic carbocycles. The number of nitrogens with two attached hydrogens (primary N) is 1. The van der Waals surface area contributed by atoms with E-state index < -0.39 is 0 Å². The van der Waals surface area contributed by atoms with Gasteiger partial charge in [0.1, 0.15) is 0 Å². The summed E-state index contributed by atoms with van der Waals surface area (Å²) in [5, 5.41) is 3.43. The molecule has 2 unspecified atom stereocenters. The quantitative estimate of drug-likeness (QED) is 0.787. The number of carbonyl (C=O) groups excluding carboxylic acids is 1. The number of hydrogen-bond acceptors (Lipinski definition) is 2. The zero-order chi connectivity index (χ0) is 11.5. The molecule has 16 heavy (non-hydrogen) atoms. The number of amides is 1. The summed E-state index contributed by atoms with van der Waals surface area (Å²) in [7, 11) is 0. The Morgan fingerprint density at radius 3 is 2.56 bits per heavy atom. The van der Waals surface area contributed by atoms with Crippen LogP contribution >= 0.6 is 0 Å².